The van der Waals surface area contributed by atoms with Gasteiger partial charge in [-0.25, -0.2) is 0 Å². The van der Waals surface area contributed by atoms with Crippen molar-refractivity contribution in [2.75, 3.05) is 6.61 Å². The highest BCUT2D eigenvalue weighted by atomic mass is 35.5. The van der Waals surface area contributed by atoms with Crippen molar-refractivity contribution in [2.45, 2.75) is 24.7 Å². The molecule has 0 N–H and O–H groups in total. The van der Waals surface area contributed by atoms with Gasteiger partial charge in [0.1, 0.15) is 0 Å². The Bertz CT molecular complexity index is 694. The highest BCUT2D eigenvalue weighted by Crippen LogP contribution is 2.17. The quantitative estimate of drug-likeness (QED) is 0.596. The summed E-state index contributed by atoms with van der Waals surface area (Å²) >= 11 is 6.04. The molecular weight excluding hydrogens is 308 g/mol. The highest BCUT2D eigenvalue weighted by Gasteiger charge is 2.14. The summed E-state index contributed by atoms with van der Waals surface area (Å²) in [7, 11) is -3.67. The molecule has 0 aliphatic rings. The predicted molar refractivity (Wildman–Crippen MR) is 84.1 cm³/mol. The summed E-state index contributed by atoms with van der Waals surface area (Å²) in [6, 6.07) is 14.1. The van der Waals surface area contributed by atoms with Gasteiger partial charge in [0.25, 0.3) is 10.1 Å². The van der Waals surface area contributed by atoms with Crippen LogP contribution in [0, 0.1) is 6.92 Å². The number of aryl methyl sites for hydroxylation is 2. The van der Waals surface area contributed by atoms with Crippen LogP contribution >= 0.6 is 11.6 Å². The van der Waals surface area contributed by atoms with E-state index in [1.165, 1.54) is 0 Å². The Morgan fingerprint density at radius 2 is 1.71 bits per heavy atom. The Hall–Kier alpha value is -1.36. The summed E-state index contributed by atoms with van der Waals surface area (Å²) in [5.74, 6) is 0. The Balaban J connectivity index is 1.88. The molecule has 0 heterocycles. The van der Waals surface area contributed by atoms with Gasteiger partial charge in [0.05, 0.1) is 11.5 Å². The lowest BCUT2D eigenvalue weighted by atomic mass is 10.1. The van der Waals surface area contributed by atoms with Crippen molar-refractivity contribution in [3.05, 3.63) is 64.7 Å². The molecule has 0 spiro atoms. The molecule has 0 saturated heterocycles. The van der Waals surface area contributed by atoms with Crippen LogP contribution in [0.2, 0.25) is 5.02 Å². The molecule has 0 amide bonds. The van der Waals surface area contributed by atoms with Crippen molar-refractivity contribution in [1.29, 1.82) is 0 Å². The van der Waals surface area contributed by atoms with Gasteiger partial charge in [-0.2, -0.15) is 8.42 Å². The first kappa shape index (κ1) is 16.0. The maximum atomic E-state index is 12.0. The zero-order chi connectivity index (χ0) is 15.3. The molecule has 0 aromatic heterocycles. The van der Waals surface area contributed by atoms with Crippen LogP contribution in [0.25, 0.3) is 0 Å². The van der Waals surface area contributed by atoms with Crippen molar-refractivity contribution in [1.82, 2.24) is 0 Å². The van der Waals surface area contributed by atoms with Crippen molar-refractivity contribution in [3.8, 4) is 0 Å². The molecule has 5 heteroatoms. The minimum atomic E-state index is -3.67. The molecule has 0 aliphatic heterocycles. The summed E-state index contributed by atoms with van der Waals surface area (Å²) in [4.78, 5) is 0.186. The van der Waals surface area contributed by atoms with Gasteiger partial charge in [0.15, 0.2) is 0 Å². The third-order valence-electron chi connectivity index (χ3n) is 3.10. The molecule has 0 bridgehead atoms. The van der Waals surface area contributed by atoms with Crippen molar-refractivity contribution >= 4 is 21.7 Å². The van der Waals surface area contributed by atoms with E-state index in [9.17, 15) is 8.42 Å². The van der Waals surface area contributed by atoms with E-state index in [2.05, 4.69) is 0 Å². The van der Waals surface area contributed by atoms with Gasteiger partial charge in [0.2, 0.25) is 0 Å². The molecule has 2 rings (SSSR count). The van der Waals surface area contributed by atoms with E-state index in [1.807, 2.05) is 31.2 Å². The summed E-state index contributed by atoms with van der Waals surface area (Å²) in [5, 5.41) is 0.693. The van der Waals surface area contributed by atoms with Crippen LogP contribution in [-0.2, 0) is 20.7 Å². The molecule has 2 aromatic rings. The van der Waals surface area contributed by atoms with Crippen LogP contribution in [0.5, 0.6) is 0 Å². The van der Waals surface area contributed by atoms with Gasteiger partial charge in [0, 0.05) is 5.02 Å². The van der Waals surface area contributed by atoms with Crippen LogP contribution in [0.3, 0.4) is 0 Å². The molecule has 0 radical (unpaired) electrons. The van der Waals surface area contributed by atoms with E-state index in [-0.39, 0.29) is 11.5 Å². The smallest absolute Gasteiger partial charge is 0.266 e. The minimum Gasteiger partial charge on any atom is -0.266 e. The topological polar surface area (TPSA) is 43.4 Å². The van der Waals surface area contributed by atoms with Gasteiger partial charge in [-0.15, -0.1) is 0 Å². The second-order valence-electron chi connectivity index (χ2n) is 4.78. The second kappa shape index (κ2) is 7.07. The zero-order valence-corrected chi connectivity index (χ0v) is 13.3. The number of benzene rings is 2. The first-order valence-corrected chi connectivity index (χ1v) is 8.47. The lowest BCUT2D eigenvalue weighted by Gasteiger charge is -2.07. The average molecular weight is 325 g/mol. The molecule has 0 fully saturated rings. The van der Waals surface area contributed by atoms with Crippen molar-refractivity contribution in [2.24, 2.45) is 0 Å². The van der Waals surface area contributed by atoms with E-state index in [4.69, 9.17) is 15.8 Å². The lowest BCUT2D eigenvalue weighted by Crippen LogP contribution is -2.08. The average Bonchev–Trinajstić information content (AvgIpc) is 2.46. The number of halogens is 1. The van der Waals surface area contributed by atoms with E-state index in [1.54, 1.807) is 24.3 Å². The molecular formula is C16H17ClO3S. The molecule has 0 saturated carbocycles. The normalized spacial score (nSPS) is 11.5. The van der Waals surface area contributed by atoms with Gasteiger partial charge in [-0.3, -0.25) is 4.18 Å². The Morgan fingerprint density at radius 1 is 1.05 bits per heavy atom. The molecule has 21 heavy (non-hydrogen) atoms. The minimum absolute atomic E-state index is 0.140. The first-order valence-electron chi connectivity index (χ1n) is 6.68. The molecule has 0 aliphatic carbocycles. The molecule has 0 atom stereocenters. The predicted octanol–water partition coefficient (Wildman–Crippen LogP) is 3.99. The Kier molecular flexibility index (Phi) is 5.39. The second-order valence-corrected chi connectivity index (χ2v) is 6.81. The molecule has 3 nitrogen and oxygen atoms in total. The summed E-state index contributed by atoms with van der Waals surface area (Å²) in [6.45, 7) is 2.04. The number of hydrogen-bond acceptors (Lipinski definition) is 3. The zero-order valence-electron chi connectivity index (χ0n) is 11.8. The summed E-state index contributed by atoms with van der Waals surface area (Å²) < 4.78 is 29.0. The maximum Gasteiger partial charge on any atom is 0.296 e. The van der Waals surface area contributed by atoms with E-state index >= 15 is 0 Å². The van der Waals surface area contributed by atoms with Crippen LogP contribution in [0.4, 0.5) is 0 Å². The Labute approximate surface area is 130 Å². The molecule has 0 unspecified atom stereocenters. The van der Waals surface area contributed by atoms with Crippen LogP contribution in [0.15, 0.2) is 53.4 Å². The van der Waals surface area contributed by atoms with Gasteiger partial charge in [-0.1, -0.05) is 47.5 Å². The van der Waals surface area contributed by atoms with Crippen LogP contribution in [0.1, 0.15) is 17.5 Å². The number of hydrogen-bond donors (Lipinski definition) is 0. The fourth-order valence-corrected chi connectivity index (χ4v) is 3.08. The number of rotatable bonds is 6. The fourth-order valence-electron chi connectivity index (χ4n) is 1.91. The maximum absolute atomic E-state index is 12.0. The van der Waals surface area contributed by atoms with Gasteiger partial charge >= 0.3 is 0 Å². The van der Waals surface area contributed by atoms with Gasteiger partial charge < -0.3 is 0 Å². The van der Waals surface area contributed by atoms with E-state index in [0.29, 0.717) is 17.9 Å². The highest BCUT2D eigenvalue weighted by molar-refractivity contribution is 7.86. The van der Waals surface area contributed by atoms with Gasteiger partial charge in [-0.05, 0) is 43.5 Å². The third kappa shape index (κ3) is 4.56. The largest absolute Gasteiger partial charge is 0.296 e. The van der Waals surface area contributed by atoms with Crippen LogP contribution < -0.4 is 0 Å². The molecule has 2 aromatic carbocycles. The first-order chi connectivity index (χ1) is 9.99. The summed E-state index contributed by atoms with van der Waals surface area (Å²) in [5.41, 5.74) is 2.00. The standard InChI is InChI=1S/C16H17ClO3S/c1-13-8-10-15(11-9-13)21(18,19)20-12-4-6-14-5-2-3-7-16(14)17/h2-3,5,7-11H,4,6,12H2,1H3. The fraction of sp³-hybridized carbons (Fsp3) is 0.250. The van der Waals surface area contributed by atoms with Crippen molar-refractivity contribution < 1.29 is 12.6 Å². The lowest BCUT2D eigenvalue weighted by molar-refractivity contribution is 0.312. The van der Waals surface area contributed by atoms with E-state index in [0.717, 1.165) is 11.1 Å². The molecule has 112 valence electrons. The summed E-state index contributed by atoms with van der Waals surface area (Å²) in [6.07, 6.45) is 1.28. The van der Waals surface area contributed by atoms with Crippen molar-refractivity contribution in [3.63, 3.8) is 0 Å². The third-order valence-corrected chi connectivity index (χ3v) is 4.79. The monoisotopic (exact) mass is 324 g/mol. The van der Waals surface area contributed by atoms with Crippen LogP contribution in [-0.4, -0.2) is 15.0 Å². The van der Waals surface area contributed by atoms with E-state index < -0.39 is 10.1 Å². The SMILES string of the molecule is Cc1ccc(S(=O)(=O)OCCCc2ccccc2Cl)cc1. The Morgan fingerprint density at radius 3 is 2.38 bits per heavy atom.